The Kier molecular flexibility index (Phi) is 5.46. The van der Waals surface area contributed by atoms with Crippen molar-refractivity contribution in [2.24, 2.45) is 5.41 Å². The van der Waals surface area contributed by atoms with Gasteiger partial charge in [0.2, 0.25) is 0 Å². The third-order valence-corrected chi connectivity index (χ3v) is 4.77. The molecule has 1 heterocycles. The van der Waals surface area contributed by atoms with Crippen molar-refractivity contribution < 1.29 is 4.74 Å². The molecule has 1 N–H and O–H groups in total. The van der Waals surface area contributed by atoms with Crippen LogP contribution in [-0.4, -0.2) is 51.3 Å². The fourth-order valence-electron chi connectivity index (χ4n) is 3.70. The van der Waals surface area contributed by atoms with Gasteiger partial charge in [0.15, 0.2) is 0 Å². The van der Waals surface area contributed by atoms with Crippen LogP contribution in [0.5, 0.6) is 0 Å². The summed E-state index contributed by atoms with van der Waals surface area (Å²) in [7, 11) is 4.39. The van der Waals surface area contributed by atoms with Gasteiger partial charge >= 0.3 is 0 Å². The number of hydrogen-bond donors (Lipinski definition) is 1. The lowest BCUT2D eigenvalue weighted by Gasteiger charge is -2.36. The summed E-state index contributed by atoms with van der Waals surface area (Å²) in [6.07, 6.45) is 9.73. The first kappa shape index (κ1) is 14.3. The van der Waals surface area contributed by atoms with Crippen molar-refractivity contribution in [2.45, 2.75) is 51.0 Å². The number of nitrogens with zero attached hydrogens (tertiary/aromatic N) is 1. The quantitative estimate of drug-likeness (QED) is 0.762. The molecule has 2 rings (SSSR count). The van der Waals surface area contributed by atoms with Crippen LogP contribution in [0.2, 0.25) is 0 Å². The Morgan fingerprint density at radius 1 is 1.22 bits per heavy atom. The van der Waals surface area contributed by atoms with Crippen LogP contribution >= 0.6 is 0 Å². The van der Waals surface area contributed by atoms with Gasteiger partial charge < -0.3 is 15.0 Å². The van der Waals surface area contributed by atoms with Crippen LogP contribution in [0, 0.1) is 5.41 Å². The molecule has 1 aliphatic heterocycles. The smallest absolute Gasteiger partial charge is 0.0547 e. The minimum Gasteiger partial charge on any atom is -0.381 e. The fourth-order valence-corrected chi connectivity index (χ4v) is 3.70. The molecule has 0 spiro atoms. The third kappa shape index (κ3) is 3.69. The topological polar surface area (TPSA) is 24.5 Å². The minimum atomic E-state index is 0.357. The molecule has 1 saturated carbocycles. The van der Waals surface area contributed by atoms with Gasteiger partial charge in [0.05, 0.1) is 6.61 Å². The van der Waals surface area contributed by atoms with E-state index in [9.17, 15) is 0 Å². The molecular weight excluding hydrogens is 224 g/mol. The maximum Gasteiger partial charge on any atom is 0.0547 e. The Balaban J connectivity index is 1.89. The first-order valence-corrected chi connectivity index (χ1v) is 7.68. The summed E-state index contributed by atoms with van der Waals surface area (Å²) in [5.41, 5.74) is 0.357. The lowest BCUT2D eigenvalue weighted by molar-refractivity contribution is 0.0974. The van der Waals surface area contributed by atoms with Crippen molar-refractivity contribution in [3.8, 4) is 0 Å². The van der Waals surface area contributed by atoms with Gasteiger partial charge in [-0.05, 0) is 33.4 Å². The second kappa shape index (κ2) is 6.88. The lowest BCUT2D eigenvalue weighted by atomic mass is 9.86. The van der Waals surface area contributed by atoms with Gasteiger partial charge in [0.1, 0.15) is 0 Å². The molecule has 1 saturated heterocycles. The van der Waals surface area contributed by atoms with E-state index in [1.165, 1.54) is 51.5 Å². The van der Waals surface area contributed by atoms with Gasteiger partial charge in [-0.1, -0.05) is 25.7 Å². The van der Waals surface area contributed by atoms with Crippen LogP contribution in [-0.2, 0) is 4.74 Å². The lowest BCUT2D eigenvalue weighted by Crippen LogP contribution is -2.46. The van der Waals surface area contributed by atoms with Gasteiger partial charge in [-0.3, -0.25) is 0 Å². The van der Waals surface area contributed by atoms with Crippen molar-refractivity contribution in [1.82, 2.24) is 10.2 Å². The minimum absolute atomic E-state index is 0.357. The van der Waals surface area contributed by atoms with Gasteiger partial charge in [-0.2, -0.15) is 0 Å². The predicted octanol–water partition coefficient (Wildman–Crippen LogP) is 2.27. The highest BCUT2D eigenvalue weighted by atomic mass is 16.5. The van der Waals surface area contributed by atoms with Crippen molar-refractivity contribution in [3.63, 3.8) is 0 Å². The normalized spacial score (nSPS) is 30.8. The van der Waals surface area contributed by atoms with Gasteiger partial charge in [-0.25, -0.2) is 0 Å². The first-order chi connectivity index (χ1) is 8.76. The fraction of sp³-hybridized carbons (Fsp3) is 1.00. The molecule has 1 unspecified atom stereocenters. The second-order valence-corrected chi connectivity index (χ2v) is 6.39. The maximum atomic E-state index is 5.66. The Bertz CT molecular complexity index is 231. The highest BCUT2D eigenvalue weighted by molar-refractivity contribution is 4.89. The summed E-state index contributed by atoms with van der Waals surface area (Å²) >= 11 is 0. The van der Waals surface area contributed by atoms with E-state index in [0.29, 0.717) is 5.41 Å². The zero-order chi connectivity index (χ0) is 12.8. The van der Waals surface area contributed by atoms with Crippen LogP contribution in [0.3, 0.4) is 0 Å². The molecule has 3 heteroatoms. The summed E-state index contributed by atoms with van der Waals surface area (Å²) in [5.74, 6) is 0. The molecule has 0 radical (unpaired) electrons. The zero-order valence-corrected chi connectivity index (χ0v) is 12.2. The molecule has 2 aliphatic rings. The molecule has 0 bridgehead atoms. The van der Waals surface area contributed by atoms with Crippen molar-refractivity contribution >= 4 is 0 Å². The van der Waals surface area contributed by atoms with Crippen molar-refractivity contribution in [3.05, 3.63) is 0 Å². The van der Waals surface area contributed by atoms with E-state index in [0.717, 1.165) is 25.8 Å². The molecule has 0 aromatic rings. The van der Waals surface area contributed by atoms with E-state index >= 15 is 0 Å². The molecule has 106 valence electrons. The molecular formula is C15H30N2O. The molecule has 1 atom stereocenters. The molecule has 0 aromatic carbocycles. The van der Waals surface area contributed by atoms with Crippen molar-refractivity contribution in [2.75, 3.05) is 40.4 Å². The van der Waals surface area contributed by atoms with E-state index in [2.05, 4.69) is 24.3 Å². The Morgan fingerprint density at radius 2 is 1.94 bits per heavy atom. The van der Waals surface area contributed by atoms with Gasteiger partial charge in [0.25, 0.3) is 0 Å². The molecule has 0 aromatic heterocycles. The number of ether oxygens (including phenoxy) is 1. The Labute approximate surface area is 112 Å². The summed E-state index contributed by atoms with van der Waals surface area (Å²) in [6, 6.07) is 0.807. The number of hydrogen-bond acceptors (Lipinski definition) is 3. The number of nitrogens with one attached hydrogen (secondary N) is 1. The number of rotatable bonds is 5. The Hall–Kier alpha value is -0.120. The van der Waals surface area contributed by atoms with Crippen LogP contribution < -0.4 is 5.32 Å². The van der Waals surface area contributed by atoms with Crippen LogP contribution in [0.15, 0.2) is 0 Å². The van der Waals surface area contributed by atoms with E-state index < -0.39 is 0 Å². The summed E-state index contributed by atoms with van der Waals surface area (Å²) in [6.45, 7) is 4.16. The van der Waals surface area contributed by atoms with Crippen LogP contribution in [0.1, 0.15) is 44.9 Å². The average molecular weight is 254 g/mol. The van der Waals surface area contributed by atoms with E-state index in [4.69, 9.17) is 4.74 Å². The molecule has 1 aliphatic carbocycles. The van der Waals surface area contributed by atoms with Crippen LogP contribution in [0.25, 0.3) is 0 Å². The van der Waals surface area contributed by atoms with E-state index in [-0.39, 0.29) is 0 Å². The molecule has 18 heavy (non-hydrogen) atoms. The zero-order valence-electron chi connectivity index (χ0n) is 12.2. The van der Waals surface area contributed by atoms with Crippen molar-refractivity contribution in [1.29, 1.82) is 0 Å². The second-order valence-electron chi connectivity index (χ2n) is 6.39. The molecule has 3 nitrogen and oxygen atoms in total. The Morgan fingerprint density at radius 3 is 2.50 bits per heavy atom. The predicted molar refractivity (Wildman–Crippen MR) is 75.9 cm³/mol. The average Bonchev–Trinajstić information content (AvgIpc) is 2.66. The standard InChI is InChI=1S/C15H30N2O/c1-16-11-15(9-10-18-13-15)12-17(2)14-7-5-3-4-6-8-14/h14,16H,3-13H2,1-2H3. The first-order valence-electron chi connectivity index (χ1n) is 7.68. The van der Waals surface area contributed by atoms with E-state index in [1.807, 2.05) is 0 Å². The molecule has 0 amide bonds. The summed E-state index contributed by atoms with van der Waals surface area (Å²) < 4.78 is 5.66. The van der Waals surface area contributed by atoms with E-state index in [1.54, 1.807) is 0 Å². The molecule has 2 fully saturated rings. The largest absolute Gasteiger partial charge is 0.381 e. The highest BCUT2D eigenvalue weighted by Gasteiger charge is 2.36. The maximum absolute atomic E-state index is 5.66. The van der Waals surface area contributed by atoms with Gasteiger partial charge in [-0.15, -0.1) is 0 Å². The summed E-state index contributed by atoms with van der Waals surface area (Å²) in [5, 5.41) is 3.36. The SMILES string of the molecule is CNCC1(CN(C)C2CCCCCC2)CCOC1. The summed E-state index contributed by atoms with van der Waals surface area (Å²) in [4.78, 5) is 2.62. The highest BCUT2D eigenvalue weighted by Crippen LogP contribution is 2.31. The third-order valence-electron chi connectivity index (χ3n) is 4.77. The monoisotopic (exact) mass is 254 g/mol. The van der Waals surface area contributed by atoms with Crippen LogP contribution in [0.4, 0.5) is 0 Å². The van der Waals surface area contributed by atoms with Gasteiger partial charge in [0, 0.05) is 31.2 Å².